The Balaban J connectivity index is 1.66. The lowest BCUT2D eigenvalue weighted by Crippen LogP contribution is -2.44. The molecule has 2 N–H and O–H groups in total. The topological polar surface area (TPSA) is 93.5 Å². The van der Waals surface area contributed by atoms with Crippen molar-refractivity contribution in [3.8, 4) is 11.4 Å². The maximum atomic E-state index is 14.9. The van der Waals surface area contributed by atoms with Crippen molar-refractivity contribution in [2.45, 2.75) is 71.2 Å². The number of esters is 1. The summed E-state index contributed by atoms with van der Waals surface area (Å²) >= 11 is 0. The SMILES string of the molecule is CCCN[C@H]1CCc2c(C)c(F)cc3nc4c(c1c23)Cn1c-4cc2c(c1=O)COC(=O)[C@]2(O)CC. The van der Waals surface area contributed by atoms with Crippen molar-refractivity contribution < 1.29 is 19.0 Å². The molecule has 2 aliphatic heterocycles. The maximum absolute atomic E-state index is 14.9. The van der Waals surface area contributed by atoms with Crippen LogP contribution in [0.5, 0.6) is 0 Å². The van der Waals surface area contributed by atoms with Gasteiger partial charge in [0.05, 0.1) is 29.0 Å². The summed E-state index contributed by atoms with van der Waals surface area (Å²) in [7, 11) is 0. The molecule has 0 saturated carbocycles. The Hall–Kier alpha value is -3.10. The zero-order chi connectivity index (χ0) is 24.6. The zero-order valence-corrected chi connectivity index (χ0v) is 20.1. The standard InChI is InChI=1S/C27H28FN3O4/c1-4-8-29-19-7-6-14-13(3)18(28)10-20-22(14)23(19)15-11-31-21(24(15)30-20)9-17-16(25(31)32)12-35-26(33)27(17,34)5-2/h9-10,19,29,34H,4-8,11-12H2,1-3H3/t19-,27-/m0/s1. The second-order valence-corrected chi connectivity index (χ2v) is 9.86. The average molecular weight is 478 g/mol. The number of ether oxygens (including phenoxy) is 1. The predicted molar refractivity (Wildman–Crippen MR) is 129 cm³/mol. The van der Waals surface area contributed by atoms with Crippen molar-refractivity contribution in [1.82, 2.24) is 14.9 Å². The van der Waals surface area contributed by atoms with Crippen LogP contribution in [0.2, 0.25) is 0 Å². The number of rotatable bonds is 4. The van der Waals surface area contributed by atoms with Crippen LogP contribution in [-0.4, -0.2) is 27.2 Å². The van der Waals surface area contributed by atoms with Crippen LogP contribution in [0.25, 0.3) is 22.3 Å². The summed E-state index contributed by atoms with van der Waals surface area (Å²) in [5.74, 6) is -1.03. The number of fused-ring (bicyclic) bond motifs is 5. The van der Waals surface area contributed by atoms with Gasteiger partial charge in [0.1, 0.15) is 12.4 Å². The van der Waals surface area contributed by atoms with Crippen LogP contribution in [-0.2, 0) is 34.7 Å². The minimum absolute atomic E-state index is 0.0729. The molecule has 8 heteroatoms. The van der Waals surface area contributed by atoms with Crippen LogP contribution >= 0.6 is 0 Å². The van der Waals surface area contributed by atoms with Crippen molar-refractivity contribution in [3.63, 3.8) is 0 Å². The average Bonchev–Trinajstić information content (AvgIpc) is 3.22. The molecule has 0 bridgehead atoms. The normalized spacial score (nSPS) is 22.1. The Labute approximate surface area is 201 Å². The van der Waals surface area contributed by atoms with E-state index in [2.05, 4.69) is 12.2 Å². The number of hydrogen-bond acceptors (Lipinski definition) is 6. The Morgan fingerprint density at radius 1 is 1.26 bits per heavy atom. The van der Waals surface area contributed by atoms with E-state index >= 15 is 0 Å². The minimum atomic E-state index is -1.88. The number of aryl methyl sites for hydroxylation is 1. The van der Waals surface area contributed by atoms with Crippen LogP contribution in [0.1, 0.15) is 72.5 Å². The van der Waals surface area contributed by atoms with Crippen molar-refractivity contribution in [3.05, 3.63) is 61.7 Å². The Morgan fingerprint density at radius 2 is 2.06 bits per heavy atom. The highest BCUT2D eigenvalue weighted by Crippen LogP contribution is 2.45. The van der Waals surface area contributed by atoms with Crippen LogP contribution in [0, 0.1) is 12.7 Å². The van der Waals surface area contributed by atoms with Gasteiger partial charge in [0.15, 0.2) is 5.60 Å². The molecule has 0 unspecified atom stereocenters. The molecule has 1 aromatic carbocycles. The van der Waals surface area contributed by atoms with E-state index in [9.17, 15) is 19.1 Å². The summed E-state index contributed by atoms with van der Waals surface area (Å²) in [6, 6.07) is 3.27. The first kappa shape index (κ1) is 22.4. The summed E-state index contributed by atoms with van der Waals surface area (Å²) < 4.78 is 21.7. The monoisotopic (exact) mass is 477 g/mol. The van der Waals surface area contributed by atoms with E-state index in [0.717, 1.165) is 47.9 Å². The van der Waals surface area contributed by atoms with Gasteiger partial charge in [0, 0.05) is 28.6 Å². The van der Waals surface area contributed by atoms with Gasteiger partial charge in [-0.15, -0.1) is 0 Å². The Morgan fingerprint density at radius 3 is 2.80 bits per heavy atom. The highest BCUT2D eigenvalue weighted by molar-refractivity contribution is 5.93. The second-order valence-electron chi connectivity index (χ2n) is 9.86. The van der Waals surface area contributed by atoms with E-state index < -0.39 is 11.6 Å². The van der Waals surface area contributed by atoms with Crippen molar-refractivity contribution >= 4 is 16.9 Å². The molecule has 7 nitrogen and oxygen atoms in total. The fraction of sp³-hybridized carbons (Fsp3) is 0.444. The predicted octanol–water partition coefficient (Wildman–Crippen LogP) is 3.51. The maximum Gasteiger partial charge on any atom is 0.343 e. The smallest absolute Gasteiger partial charge is 0.343 e. The van der Waals surface area contributed by atoms with E-state index in [-0.39, 0.29) is 36.0 Å². The van der Waals surface area contributed by atoms with Gasteiger partial charge in [-0.25, -0.2) is 14.2 Å². The third-order valence-electron chi connectivity index (χ3n) is 8.02. The van der Waals surface area contributed by atoms with Crippen molar-refractivity contribution in [2.75, 3.05) is 6.54 Å². The number of cyclic esters (lactones) is 1. The highest BCUT2D eigenvalue weighted by Gasteiger charge is 2.45. The van der Waals surface area contributed by atoms with Crippen LogP contribution in [0.4, 0.5) is 4.39 Å². The molecule has 2 aromatic heterocycles. The van der Waals surface area contributed by atoms with E-state index in [1.54, 1.807) is 17.6 Å². The fourth-order valence-electron chi connectivity index (χ4n) is 6.08. The van der Waals surface area contributed by atoms with E-state index in [1.807, 2.05) is 6.92 Å². The first-order valence-electron chi connectivity index (χ1n) is 12.3. The molecular formula is C27H28FN3O4. The molecule has 0 spiro atoms. The molecule has 0 radical (unpaired) electrons. The lowest BCUT2D eigenvalue weighted by molar-refractivity contribution is -0.172. The van der Waals surface area contributed by atoms with Crippen LogP contribution in [0.3, 0.4) is 0 Å². The number of nitrogens with one attached hydrogen (secondary N) is 1. The summed E-state index contributed by atoms with van der Waals surface area (Å²) in [6.45, 7) is 6.65. The zero-order valence-electron chi connectivity index (χ0n) is 20.1. The Bertz CT molecular complexity index is 1490. The third kappa shape index (κ3) is 2.93. The number of carbonyl (C=O) groups is 1. The van der Waals surface area contributed by atoms with E-state index in [0.29, 0.717) is 34.6 Å². The number of pyridine rings is 2. The number of nitrogens with zero attached hydrogens (tertiary/aromatic N) is 2. The minimum Gasteiger partial charge on any atom is -0.458 e. The van der Waals surface area contributed by atoms with Gasteiger partial charge in [-0.2, -0.15) is 0 Å². The molecule has 1 aliphatic carbocycles. The second kappa shape index (κ2) is 7.70. The molecule has 0 fully saturated rings. The quantitative estimate of drug-likeness (QED) is 0.437. The van der Waals surface area contributed by atoms with Crippen LogP contribution in [0.15, 0.2) is 16.9 Å². The number of halogens is 1. The van der Waals surface area contributed by atoms with E-state index in [4.69, 9.17) is 9.72 Å². The van der Waals surface area contributed by atoms with Gasteiger partial charge >= 0.3 is 5.97 Å². The first-order valence-corrected chi connectivity index (χ1v) is 12.3. The summed E-state index contributed by atoms with van der Waals surface area (Å²) in [5.41, 5.74) is 3.83. The number of hydrogen-bond donors (Lipinski definition) is 2. The van der Waals surface area contributed by atoms with Gasteiger partial charge in [0.25, 0.3) is 5.56 Å². The summed E-state index contributed by atoms with van der Waals surface area (Å²) in [5, 5.41) is 15.8. The third-order valence-corrected chi connectivity index (χ3v) is 8.02. The lowest BCUT2D eigenvalue weighted by atomic mass is 9.81. The number of carbonyl (C=O) groups excluding carboxylic acids is 1. The summed E-state index contributed by atoms with van der Waals surface area (Å²) in [4.78, 5) is 30.9. The Kier molecular flexibility index (Phi) is 4.92. The molecule has 182 valence electrons. The van der Waals surface area contributed by atoms with Gasteiger partial charge in [-0.3, -0.25) is 4.79 Å². The highest BCUT2D eigenvalue weighted by atomic mass is 19.1. The molecule has 2 atom stereocenters. The van der Waals surface area contributed by atoms with Crippen molar-refractivity contribution in [1.29, 1.82) is 0 Å². The van der Waals surface area contributed by atoms with Gasteiger partial charge in [0.2, 0.25) is 0 Å². The van der Waals surface area contributed by atoms with E-state index in [1.165, 1.54) is 6.07 Å². The fourth-order valence-corrected chi connectivity index (χ4v) is 6.08. The number of aliphatic hydroxyl groups is 1. The van der Waals surface area contributed by atoms with Gasteiger partial charge in [-0.05, 0) is 61.9 Å². The number of aromatic nitrogens is 2. The van der Waals surface area contributed by atoms with Gasteiger partial charge < -0.3 is 19.7 Å². The molecule has 0 saturated heterocycles. The number of benzene rings is 1. The van der Waals surface area contributed by atoms with Crippen molar-refractivity contribution in [2.24, 2.45) is 0 Å². The molecular weight excluding hydrogens is 449 g/mol. The largest absolute Gasteiger partial charge is 0.458 e. The lowest BCUT2D eigenvalue weighted by Gasteiger charge is -2.31. The molecule has 4 heterocycles. The van der Waals surface area contributed by atoms with Gasteiger partial charge in [-0.1, -0.05) is 13.8 Å². The van der Waals surface area contributed by atoms with Crippen LogP contribution < -0.4 is 10.9 Å². The molecule has 0 amide bonds. The molecule has 6 rings (SSSR count). The molecule has 3 aliphatic rings. The molecule has 3 aromatic rings. The summed E-state index contributed by atoms with van der Waals surface area (Å²) in [6.07, 6.45) is 2.67. The molecule has 35 heavy (non-hydrogen) atoms. The first-order chi connectivity index (χ1) is 16.8.